The highest BCUT2D eigenvalue weighted by Crippen LogP contribution is 2.19. The minimum Gasteiger partial charge on any atom is -0.373 e. The Balaban J connectivity index is 2.46. The lowest BCUT2D eigenvalue weighted by molar-refractivity contribution is -0.144. The SMILES string of the molecule is Cc1ccc(C(=O)COCCC(F)(F)F)c(C)c1. The molecule has 0 saturated carbocycles. The molecule has 0 saturated heterocycles. The largest absolute Gasteiger partial charge is 0.391 e. The molecule has 0 aliphatic carbocycles. The zero-order chi connectivity index (χ0) is 13.8. The van der Waals surface area contributed by atoms with Crippen LogP contribution in [0.2, 0.25) is 0 Å². The molecule has 0 atom stereocenters. The summed E-state index contributed by atoms with van der Waals surface area (Å²) >= 11 is 0. The molecule has 5 heteroatoms. The van der Waals surface area contributed by atoms with E-state index in [0.717, 1.165) is 11.1 Å². The highest BCUT2D eigenvalue weighted by Gasteiger charge is 2.26. The van der Waals surface area contributed by atoms with Crippen molar-refractivity contribution in [3.8, 4) is 0 Å². The van der Waals surface area contributed by atoms with E-state index >= 15 is 0 Å². The van der Waals surface area contributed by atoms with Crippen molar-refractivity contribution >= 4 is 5.78 Å². The normalized spacial score (nSPS) is 11.6. The van der Waals surface area contributed by atoms with Gasteiger partial charge >= 0.3 is 6.18 Å². The molecule has 0 bridgehead atoms. The van der Waals surface area contributed by atoms with Gasteiger partial charge in [-0.3, -0.25) is 4.79 Å². The van der Waals surface area contributed by atoms with E-state index in [1.165, 1.54) is 0 Å². The second-order valence-corrected chi connectivity index (χ2v) is 4.16. The van der Waals surface area contributed by atoms with Crippen LogP contribution in [0.1, 0.15) is 27.9 Å². The summed E-state index contributed by atoms with van der Waals surface area (Å²) in [7, 11) is 0. The third kappa shape index (κ3) is 4.87. The van der Waals surface area contributed by atoms with Crippen molar-refractivity contribution in [1.29, 1.82) is 0 Å². The van der Waals surface area contributed by atoms with Gasteiger partial charge in [-0.1, -0.05) is 23.8 Å². The van der Waals surface area contributed by atoms with Gasteiger partial charge in [0.05, 0.1) is 13.0 Å². The molecule has 1 rings (SSSR count). The van der Waals surface area contributed by atoms with Crippen LogP contribution >= 0.6 is 0 Å². The van der Waals surface area contributed by atoms with Crippen LogP contribution in [-0.2, 0) is 4.74 Å². The Morgan fingerprint density at radius 3 is 2.50 bits per heavy atom. The van der Waals surface area contributed by atoms with Gasteiger partial charge in [0.1, 0.15) is 6.61 Å². The Labute approximate surface area is 104 Å². The topological polar surface area (TPSA) is 26.3 Å². The molecule has 0 amide bonds. The van der Waals surface area contributed by atoms with Gasteiger partial charge in [0.15, 0.2) is 5.78 Å². The van der Waals surface area contributed by atoms with Crippen molar-refractivity contribution in [3.05, 3.63) is 34.9 Å². The number of rotatable bonds is 5. The zero-order valence-corrected chi connectivity index (χ0v) is 10.3. The number of hydrogen-bond donors (Lipinski definition) is 0. The van der Waals surface area contributed by atoms with Crippen LogP contribution in [0.25, 0.3) is 0 Å². The van der Waals surface area contributed by atoms with Crippen LogP contribution in [0.4, 0.5) is 13.2 Å². The fraction of sp³-hybridized carbons (Fsp3) is 0.462. The van der Waals surface area contributed by atoms with Gasteiger partial charge < -0.3 is 4.74 Å². The lowest BCUT2D eigenvalue weighted by atomic mass is 10.0. The molecule has 0 unspecified atom stereocenters. The molecule has 2 nitrogen and oxygen atoms in total. The van der Waals surface area contributed by atoms with Gasteiger partial charge in [-0.15, -0.1) is 0 Å². The smallest absolute Gasteiger partial charge is 0.373 e. The monoisotopic (exact) mass is 260 g/mol. The Morgan fingerprint density at radius 1 is 1.28 bits per heavy atom. The summed E-state index contributed by atoms with van der Waals surface area (Å²) in [5.41, 5.74) is 2.33. The van der Waals surface area contributed by atoms with Crippen molar-refractivity contribution in [2.75, 3.05) is 13.2 Å². The molecule has 0 N–H and O–H groups in total. The highest BCUT2D eigenvalue weighted by atomic mass is 19.4. The minimum absolute atomic E-state index is 0.297. The summed E-state index contributed by atoms with van der Waals surface area (Å²) < 4.78 is 40.3. The Kier molecular flexibility index (Phi) is 4.90. The van der Waals surface area contributed by atoms with Gasteiger partial charge in [0.25, 0.3) is 0 Å². The number of carbonyl (C=O) groups excluding carboxylic acids is 1. The fourth-order valence-corrected chi connectivity index (χ4v) is 1.56. The number of aryl methyl sites for hydroxylation is 2. The molecule has 0 fully saturated rings. The summed E-state index contributed by atoms with van der Waals surface area (Å²) in [6.45, 7) is 2.89. The predicted molar refractivity (Wildman–Crippen MR) is 61.7 cm³/mol. The first-order valence-electron chi connectivity index (χ1n) is 5.54. The van der Waals surface area contributed by atoms with E-state index in [1.54, 1.807) is 19.1 Å². The number of hydrogen-bond acceptors (Lipinski definition) is 2. The number of Topliss-reactive ketones (excluding diaryl/α,β-unsaturated/α-hetero) is 1. The third-order valence-corrected chi connectivity index (χ3v) is 2.45. The average Bonchev–Trinajstić information content (AvgIpc) is 2.22. The van der Waals surface area contributed by atoms with Crippen molar-refractivity contribution in [2.24, 2.45) is 0 Å². The number of halogens is 3. The van der Waals surface area contributed by atoms with Crippen molar-refractivity contribution in [3.63, 3.8) is 0 Å². The van der Waals surface area contributed by atoms with Crippen LogP contribution in [0.3, 0.4) is 0 Å². The first kappa shape index (κ1) is 14.7. The average molecular weight is 260 g/mol. The summed E-state index contributed by atoms with van der Waals surface area (Å²) in [5, 5.41) is 0. The summed E-state index contributed by atoms with van der Waals surface area (Å²) in [6.07, 6.45) is -5.28. The van der Waals surface area contributed by atoms with Crippen LogP contribution in [0.15, 0.2) is 18.2 Å². The number of ether oxygens (including phenoxy) is 1. The molecule has 18 heavy (non-hydrogen) atoms. The van der Waals surface area contributed by atoms with E-state index in [9.17, 15) is 18.0 Å². The summed E-state index contributed by atoms with van der Waals surface area (Å²) in [5.74, 6) is -0.297. The van der Waals surface area contributed by atoms with E-state index in [1.807, 2.05) is 13.0 Å². The highest BCUT2D eigenvalue weighted by molar-refractivity contribution is 5.98. The van der Waals surface area contributed by atoms with Crippen molar-refractivity contribution in [1.82, 2.24) is 0 Å². The Bertz CT molecular complexity index is 425. The Morgan fingerprint density at radius 2 is 1.94 bits per heavy atom. The number of ketones is 1. The summed E-state index contributed by atoms with van der Waals surface area (Å²) in [6, 6.07) is 5.30. The van der Waals surface area contributed by atoms with Gasteiger partial charge in [-0.05, 0) is 19.4 Å². The maximum Gasteiger partial charge on any atom is 0.391 e. The second-order valence-electron chi connectivity index (χ2n) is 4.16. The first-order chi connectivity index (χ1) is 8.29. The van der Waals surface area contributed by atoms with E-state index < -0.39 is 19.2 Å². The molecule has 1 aromatic rings. The molecule has 0 radical (unpaired) electrons. The second kappa shape index (κ2) is 6.00. The lowest BCUT2D eigenvalue weighted by Gasteiger charge is -2.08. The number of benzene rings is 1. The predicted octanol–water partition coefficient (Wildman–Crippen LogP) is 3.46. The van der Waals surface area contributed by atoms with Crippen LogP contribution in [0, 0.1) is 13.8 Å². The molecule has 0 aliphatic heterocycles. The maximum atomic E-state index is 11.8. The lowest BCUT2D eigenvalue weighted by Crippen LogP contribution is -2.16. The van der Waals surface area contributed by atoms with Crippen LogP contribution in [-0.4, -0.2) is 25.2 Å². The van der Waals surface area contributed by atoms with Gasteiger partial charge in [0.2, 0.25) is 0 Å². The quantitative estimate of drug-likeness (QED) is 0.598. The third-order valence-electron chi connectivity index (χ3n) is 2.45. The fourth-order valence-electron chi connectivity index (χ4n) is 1.56. The summed E-state index contributed by atoms with van der Waals surface area (Å²) in [4.78, 5) is 11.7. The zero-order valence-electron chi connectivity index (χ0n) is 10.3. The van der Waals surface area contributed by atoms with Crippen LogP contribution < -0.4 is 0 Å². The van der Waals surface area contributed by atoms with Crippen LogP contribution in [0.5, 0.6) is 0 Å². The molecular weight excluding hydrogens is 245 g/mol. The van der Waals surface area contributed by atoms with E-state index in [2.05, 4.69) is 0 Å². The van der Waals surface area contributed by atoms with E-state index in [4.69, 9.17) is 4.74 Å². The van der Waals surface area contributed by atoms with E-state index in [0.29, 0.717) is 5.56 Å². The van der Waals surface area contributed by atoms with Crippen molar-refractivity contribution < 1.29 is 22.7 Å². The molecule has 1 aromatic carbocycles. The molecule has 0 aliphatic rings. The van der Waals surface area contributed by atoms with Gasteiger partial charge in [0, 0.05) is 5.56 Å². The molecule has 100 valence electrons. The molecular formula is C13H15F3O2. The van der Waals surface area contributed by atoms with Gasteiger partial charge in [-0.2, -0.15) is 13.2 Å². The standard InChI is InChI=1S/C13H15F3O2/c1-9-3-4-11(10(2)7-9)12(17)8-18-6-5-13(14,15)16/h3-4,7H,5-6,8H2,1-2H3. The molecule has 0 heterocycles. The maximum absolute atomic E-state index is 11.8. The van der Waals surface area contributed by atoms with Gasteiger partial charge in [-0.25, -0.2) is 0 Å². The van der Waals surface area contributed by atoms with Crippen molar-refractivity contribution in [2.45, 2.75) is 26.4 Å². The Hall–Kier alpha value is -1.36. The number of carbonyl (C=O) groups is 1. The first-order valence-corrected chi connectivity index (χ1v) is 5.54. The molecule has 0 aromatic heterocycles. The van der Waals surface area contributed by atoms with E-state index in [-0.39, 0.29) is 12.4 Å². The molecule has 0 spiro atoms. The minimum atomic E-state index is -4.25. The number of alkyl halides is 3.